The van der Waals surface area contributed by atoms with Crippen molar-refractivity contribution >= 4 is 12.1 Å². The van der Waals surface area contributed by atoms with Crippen LogP contribution >= 0.6 is 0 Å². The van der Waals surface area contributed by atoms with Gasteiger partial charge in [0.2, 0.25) is 11.8 Å². The van der Waals surface area contributed by atoms with Crippen LogP contribution in [0.2, 0.25) is 0 Å². The summed E-state index contributed by atoms with van der Waals surface area (Å²) in [4.78, 5) is 33.8. The predicted molar refractivity (Wildman–Crippen MR) is 163 cm³/mol. The van der Waals surface area contributed by atoms with Crippen LogP contribution in [0.25, 0.3) is 22.3 Å². The molecule has 0 aliphatic carbocycles. The number of carboxylic acids is 1. The van der Waals surface area contributed by atoms with Gasteiger partial charge in [0.05, 0.1) is 49.2 Å². The number of carbonyl (C=O) groups is 2. The number of pyridine rings is 2. The molecule has 18 heteroatoms. The fraction of sp³-hybridized carbons (Fsp3) is 0.294. The summed E-state index contributed by atoms with van der Waals surface area (Å²) in [5.74, 6) is -2.29. The number of carboxylic acid groups (broad SMARTS) is 1. The van der Waals surface area contributed by atoms with Crippen molar-refractivity contribution in [1.29, 1.82) is 0 Å². The smallest absolute Gasteiger partial charge is 0.421 e. The molecule has 9 nitrogen and oxygen atoms in total. The molecule has 1 fully saturated rings. The van der Waals surface area contributed by atoms with Gasteiger partial charge in [-0.2, -0.15) is 39.5 Å². The molecule has 0 unspecified atom stereocenters. The van der Waals surface area contributed by atoms with Crippen LogP contribution in [-0.4, -0.2) is 52.3 Å². The first-order chi connectivity index (χ1) is 24.1. The summed E-state index contributed by atoms with van der Waals surface area (Å²) in [5, 5.41) is 9.36. The Labute approximate surface area is 288 Å². The molecule has 2 atom stereocenters. The number of benzene rings is 2. The van der Waals surface area contributed by atoms with E-state index in [-0.39, 0.29) is 34.3 Å². The number of nitrogens with zero attached hydrogens (tertiary/aromatic N) is 3. The fourth-order valence-corrected chi connectivity index (χ4v) is 5.78. The van der Waals surface area contributed by atoms with Crippen LogP contribution in [0.4, 0.5) is 44.3 Å². The van der Waals surface area contributed by atoms with Crippen molar-refractivity contribution in [3.63, 3.8) is 0 Å². The van der Waals surface area contributed by atoms with Crippen LogP contribution in [-0.2, 0) is 29.8 Å². The highest BCUT2D eigenvalue weighted by atomic mass is 19.4. The zero-order valence-electron chi connectivity index (χ0n) is 27.3. The van der Waals surface area contributed by atoms with Gasteiger partial charge in [0.1, 0.15) is 11.7 Å². The first-order valence-electron chi connectivity index (χ1n) is 14.9. The van der Waals surface area contributed by atoms with Crippen LogP contribution in [0.15, 0.2) is 54.7 Å². The molecular weight excluding hydrogens is 717 g/mol. The summed E-state index contributed by atoms with van der Waals surface area (Å²) in [6.07, 6.45) is -16.9. The Hall–Kier alpha value is -5.55. The monoisotopic (exact) mass is 743 g/mol. The van der Waals surface area contributed by atoms with Crippen LogP contribution in [0.3, 0.4) is 0 Å². The summed E-state index contributed by atoms with van der Waals surface area (Å²) in [6, 6.07) is 5.75. The Morgan fingerprint density at radius 1 is 0.846 bits per heavy atom. The standard InChI is InChI=1S/C34H26F9N3O6/c1-15-7-17(30(47)48)5-6-22(15)19-10-24(28(50-3)44-13-19)23-12-25(34(41,42)43)29(51-4)45-26(23)14-46-16(2)27(52-31(46)49)18-8-20(32(35,36)37)11-21(9-18)33(38,39)40/h5-13,16,27H,14H2,1-4H3,(H,47,48)/t16-,27-/m0/s1. The van der Waals surface area contributed by atoms with Crippen molar-refractivity contribution in [3.05, 3.63) is 93.8 Å². The first kappa shape index (κ1) is 37.7. The zero-order valence-corrected chi connectivity index (χ0v) is 27.3. The van der Waals surface area contributed by atoms with Gasteiger partial charge < -0.3 is 19.3 Å². The van der Waals surface area contributed by atoms with Gasteiger partial charge in [0, 0.05) is 22.9 Å². The molecule has 276 valence electrons. The van der Waals surface area contributed by atoms with Gasteiger partial charge in [-0.3, -0.25) is 4.90 Å². The van der Waals surface area contributed by atoms with Gasteiger partial charge in [-0.25, -0.2) is 19.6 Å². The van der Waals surface area contributed by atoms with E-state index in [2.05, 4.69) is 9.97 Å². The number of aryl methyl sites for hydroxylation is 1. The number of cyclic esters (lactones) is 1. The lowest BCUT2D eigenvalue weighted by Crippen LogP contribution is -2.32. The number of alkyl halides is 9. The quantitative estimate of drug-likeness (QED) is 0.178. The second-order valence-corrected chi connectivity index (χ2v) is 11.7. The average Bonchev–Trinajstić information content (AvgIpc) is 3.34. The number of aromatic carboxylic acids is 1. The second-order valence-electron chi connectivity index (χ2n) is 11.7. The van der Waals surface area contributed by atoms with Crippen molar-refractivity contribution in [3.8, 4) is 34.0 Å². The van der Waals surface area contributed by atoms with E-state index in [0.29, 0.717) is 34.9 Å². The van der Waals surface area contributed by atoms with E-state index < -0.39 is 77.4 Å². The second kappa shape index (κ2) is 13.5. The minimum atomic E-state index is -5.18. The van der Waals surface area contributed by atoms with Crippen LogP contribution in [0.1, 0.15) is 56.9 Å². The topological polar surface area (TPSA) is 111 Å². The normalized spacial score (nSPS) is 16.6. The van der Waals surface area contributed by atoms with E-state index >= 15 is 0 Å². The minimum absolute atomic E-state index is 0.0240. The van der Waals surface area contributed by atoms with Gasteiger partial charge in [-0.15, -0.1) is 0 Å². The molecule has 1 aliphatic rings. The van der Waals surface area contributed by atoms with E-state index in [1.165, 1.54) is 44.5 Å². The van der Waals surface area contributed by atoms with E-state index in [1.54, 1.807) is 6.92 Å². The number of hydrogen-bond acceptors (Lipinski definition) is 7. The van der Waals surface area contributed by atoms with Crippen molar-refractivity contribution in [2.24, 2.45) is 0 Å². The van der Waals surface area contributed by atoms with Crippen LogP contribution in [0, 0.1) is 6.92 Å². The Balaban J connectivity index is 1.64. The molecule has 52 heavy (non-hydrogen) atoms. The van der Waals surface area contributed by atoms with Crippen molar-refractivity contribution in [2.45, 2.75) is 51.1 Å². The van der Waals surface area contributed by atoms with Crippen molar-refractivity contribution in [1.82, 2.24) is 14.9 Å². The molecule has 1 saturated heterocycles. The van der Waals surface area contributed by atoms with Crippen molar-refractivity contribution in [2.75, 3.05) is 14.2 Å². The molecule has 1 amide bonds. The molecule has 0 radical (unpaired) electrons. The third kappa shape index (κ3) is 7.41. The molecule has 2 aromatic heterocycles. The highest BCUT2D eigenvalue weighted by molar-refractivity contribution is 5.89. The Kier molecular flexibility index (Phi) is 9.81. The number of halogens is 9. The minimum Gasteiger partial charge on any atom is -0.481 e. The van der Waals surface area contributed by atoms with Gasteiger partial charge >= 0.3 is 30.6 Å². The number of amides is 1. The molecule has 4 aromatic rings. The lowest BCUT2D eigenvalue weighted by atomic mass is 9.95. The number of hydrogen-bond donors (Lipinski definition) is 1. The summed E-state index contributed by atoms with van der Waals surface area (Å²) in [6.45, 7) is 2.22. The molecule has 1 N–H and O–H groups in total. The first-order valence-corrected chi connectivity index (χ1v) is 14.9. The summed E-state index contributed by atoms with van der Waals surface area (Å²) >= 11 is 0. The van der Waals surface area contributed by atoms with E-state index in [9.17, 15) is 54.2 Å². The van der Waals surface area contributed by atoms with Crippen LogP contribution < -0.4 is 9.47 Å². The Morgan fingerprint density at radius 3 is 1.98 bits per heavy atom. The largest absolute Gasteiger partial charge is 0.481 e. The number of ether oxygens (including phenoxy) is 3. The summed E-state index contributed by atoms with van der Waals surface area (Å²) < 4.78 is 140. The highest BCUT2D eigenvalue weighted by Crippen LogP contribution is 2.44. The molecule has 0 saturated carbocycles. The van der Waals surface area contributed by atoms with E-state index in [1.807, 2.05) is 0 Å². The highest BCUT2D eigenvalue weighted by Gasteiger charge is 2.44. The molecule has 1 aliphatic heterocycles. The number of aromatic nitrogens is 2. The molecule has 0 bridgehead atoms. The third-order valence-corrected chi connectivity index (χ3v) is 8.33. The molecule has 3 heterocycles. The SMILES string of the molecule is COc1ncc(-c2ccc(C(=O)O)cc2C)cc1-c1cc(C(F)(F)F)c(OC)nc1CN1C(=O)O[C@H](c2cc(C(F)(F)F)cc(C(F)(F)F)c2)[C@@H]1C. The molecule has 0 spiro atoms. The Morgan fingerprint density at radius 2 is 1.46 bits per heavy atom. The summed E-state index contributed by atoms with van der Waals surface area (Å²) in [7, 11) is 2.11. The van der Waals surface area contributed by atoms with E-state index in [0.717, 1.165) is 12.0 Å². The summed E-state index contributed by atoms with van der Waals surface area (Å²) in [5.41, 5.74) is -4.60. The lowest BCUT2D eigenvalue weighted by Gasteiger charge is -2.24. The van der Waals surface area contributed by atoms with Crippen molar-refractivity contribution < 1.29 is 68.4 Å². The van der Waals surface area contributed by atoms with Gasteiger partial charge in [0.15, 0.2) is 0 Å². The maximum absolute atomic E-state index is 14.3. The fourth-order valence-electron chi connectivity index (χ4n) is 5.78. The third-order valence-electron chi connectivity index (χ3n) is 8.33. The predicted octanol–water partition coefficient (Wildman–Crippen LogP) is 8.97. The van der Waals surface area contributed by atoms with Gasteiger partial charge in [-0.05, 0) is 73.0 Å². The number of methoxy groups -OCH3 is 2. The average molecular weight is 744 g/mol. The number of rotatable bonds is 8. The maximum atomic E-state index is 14.3. The van der Waals surface area contributed by atoms with Gasteiger partial charge in [-0.1, -0.05) is 6.07 Å². The Bertz CT molecular complexity index is 2010. The lowest BCUT2D eigenvalue weighted by molar-refractivity contribution is -0.143. The molecule has 2 aromatic carbocycles. The maximum Gasteiger partial charge on any atom is 0.421 e. The van der Waals surface area contributed by atoms with Gasteiger partial charge in [0.25, 0.3) is 0 Å². The van der Waals surface area contributed by atoms with Crippen LogP contribution in [0.5, 0.6) is 11.8 Å². The number of carbonyl (C=O) groups excluding carboxylic acids is 1. The zero-order chi connectivity index (χ0) is 38.5. The van der Waals surface area contributed by atoms with E-state index in [4.69, 9.17) is 14.2 Å². The molecule has 5 rings (SSSR count). The molecular formula is C34H26F9N3O6.